The van der Waals surface area contributed by atoms with E-state index >= 15 is 0 Å². The van der Waals surface area contributed by atoms with E-state index in [2.05, 4.69) is 11.2 Å². The number of hydrogen-bond acceptors (Lipinski definition) is 3. The summed E-state index contributed by atoms with van der Waals surface area (Å²) in [5, 5.41) is 15.8. The summed E-state index contributed by atoms with van der Waals surface area (Å²) < 4.78 is 1.68. The van der Waals surface area contributed by atoms with Gasteiger partial charge in [-0.25, -0.2) is 0 Å². The first-order chi connectivity index (χ1) is 9.58. The smallest absolute Gasteiger partial charge is 0.267 e. The maximum absolute atomic E-state index is 11.1. The molecule has 1 aromatic heterocycles. The maximum Gasteiger partial charge on any atom is 0.280 e. The number of nitro benzene ring substituents is 1. The van der Waals surface area contributed by atoms with Crippen molar-refractivity contribution in [3.8, 4) is 11.1 Å². The molecule has 2 aromatic carbocycles. The van der Waals surface area contributed by atoms with Crippen LogP contribution in [0.4, 0.5) is 5.69 Å². The zero-order chi connectivity index (χ0) is 14.3. The molecule has 20 heavy (non-hydrogen) atoms. The quantitative estimate of drug-likeness (QED) is 0.527. The summed E-state index contributed by atoms with van der Waals surface area (Å²) in [6, 6.07) is 11.4. The first-order valence-electron chi connectivity index (χ1n) is 6.24. The van der Waals surface area contributed by atoms with Gasteiger partial charge in [-0.05, 0) is 18.6 Å². The fraction of sp³-hybridized carbons (Fsp3) is 0.133. The molecule has 0 spiro atoms. The van der Waals surface area contributed by atoms with Crippen molar-refractivity contribution in [3.63, 3.8) is 0 Å². The third-order valence-electron chi connectivity index (χ3n) is 3.40. The summed E-state index contributed by atoms with van der Waals surface area (Å²) >= 11 is 0. The maximum atomic E-state index is 11.1. The highest BCUT2D eigenvalue weighted by Gasteiger charge is 2.18. The van der Waals surface area contributed by atoms with E-state index < -0.39 is 0 Å². The Balaban J connectivity index is 2.35. The van der Waals surface area contributed by atoms with Gasteiger partial charge in [0.1, 0.15) is 0 Å². The van der Waals surface area contributed by atoms with Crippen molar-refractivity contribution in [1.82, 2.24) is 9.78 Å². The van der Waals surface area contributed by atoms with Gasteiger partial charge in [0.15, 0.2) is 0 Å². The molecule has 0 aliphatic heterocycles. The number of non-ortho nitro benzene ring substituents is 1. The normalized spacial score (nSPS) is 10.9. The van der Waals surface area contributed by atoms with Gasteiger partial charge in [0.2, 0.25) is 0 Å². The molecule has 0 atom stereocenters. The van der Waals surface area contributed by atoms with Crippen molar-refractivity contribution in [2.24, 2.45) is 7.05 Å². The molecule has 0 N–H and O–H groups in total. The first-order valence-corrected chi connectivity index (χ1v) is 6.24. The van der Waals surface area contributed by atoms with Crippen LogP contribution in [-0.4, -0.2) is 14.7 Å². The number of nitro groups is 1. The monoisotopic (exact) mass is 267 g/mol. The van der Waals surface area contributed by atoms with Gasteiger partial charge < -0.3 is 0 Å². The molecule has 3 aromatic rings. The highest BCUT2D eigenvalue weighted by molar-refractivity contribution is 5.99. The van der Waals surface area contributed by atoms with Gasteiger partial charge in [-0.1, -0.05) is 29.8 Å². The Morgan fingerprint density at radius 1 is 1.25 bits per heavy atom. The van der Waals surface area contributed by atoms with Crippen LogP contribution >= 0.6 is 0 Å². The van der Waals surface area contributed by atoms with Gasteiger partial charge in [-0.3, -0.25) is 14.8 Å². The molecule has 0 unspecified atom stereocenters. The molecule has 0 radical (unpaired) electrons. The number of aryl methyl sites for hydroxylation is 2. The Morgan fingerprint density at radius 3 is 2.75 bits per heavy atom. The second-order valence-electron chi connectivity index (χ2n) is 4.79. The summed E-state index contributed by atoms with van der Waals surface area (Å²) in [5.41, 5.74) is 4.01. The minimum absolute atomic E-state index is 0.0875. The Morgan fingerprint density at radius 2 is 2.05 bits per heavy atom. The Kier molecular flexibility index (Phi) is 2.75. The largest absolute Gasteiger partial charge is 0.280 e. The van der Waals surface area contributed by atoms with Crippen molar-refractivity contribution in [1.29, 1.82) is 0 Å². The number of benzene rings is 2. The highest BCUT2D eigenvalue weighted by atomic mass is 16.6. The third-order valence-corrected chi connectivity index (χ3v) is 3.40. The van der Waals surface area contributed by atoms with Gasteiger partial charge in [0.05, 0.1) is 22.0 Å². The van der Waals surface area contributed by atoms with E-state index in [1.54, 1.807) is 30.1 Å². The molecule has 0 fully saturated rings. The lowest BCUT2D eigenvalue weighted by atomic mass is 10.0. The molecule has 5 nitrogen and oxygen atoms in total. The van der Waals surface area contributed by atoms with Crippen LogP contribution < -0.4 is 0 Å². The van der Waals surface area contributed by atoms with Crippen LogP contribution in [0.25, 0.3) is 22.0 Å². The van der Waals surface area contributed by atoms with Crippen LogP contribution in [0, 0.1) is 17.0 Å². The summed E-state index contributed by atoms with van der Waals surface area (Å²) in [6.07, 6.45) is 1.55. The van der Waals surface area contributed by atoms with Crippen molar-refractivity contribution < 1.29 is 4.92 Å². The lowest BCUT2D eigenvalue weighted by Crippen LogP contribution is -1.94. The number of hydrogen-bond donors (Lipinski definition) is 0. The summed E-state index contributed by atoms with van der Waals surface area (Å²) in [6.45, 7) is 2.02. The average molecular weight is 267 g/mol. The second kappa shape index (κ2) is 4.45. The van der Waals surface area contributed by atoms with Crippen LogP contribution in [0.3, 0.4) is 0 Å². The predicted molar refractivity (Wildman–Crippen MR) is 77.5 cm³/mol. The van der Waals surface area contributed by atoms with Crippen molar-refractivity contribution in [3.05, 3.63) is 58.3 Å². The molecular weight excluding hydrogens is 254 g/mol. The van der Waals surface area contributed by atoms with E-state index in [4.69, 9.17) is 0 Å². The Bertz CT molecular complexity index is 821. The molecule has 0 saturated heterocycles. The zero-order valence-electron chi connectivity index (χ0n) is 11.2. The molecule has 0 bridgehead atoms. The number of nitrogens with zero attached hydrogens (tertiary/aromatic N) is 3. The fourth-order valence-corrected chi connectivity index (χ4v) is 2.48. The molecule has 3 rings (SSSR count). The lowest BCUT2D eigenvalue weighted by molar-refractivity contribution is -0.383. The molecule has 5 heteroatoms. The molecular formula is C15H13N3O2. The van der Waals surface area contributed by atoms with Crippen LogP contribution in [0.15, 0.2) is 42.6 Å². The minimum atomic E-state index is -0.371. The van der Waals surface area contributed by atoms with Crippen LogP contribution in [0.1, 0.15) is 5.56 Å². The number of fused-ring (bicyclic) bond motifs is 1. The van der Waals surface area contributed by atoms with Gasteiger partial charge in [0.25, 0.3) is 5.69 Å². The lowest BCUT2D eigenvalue weighted by Gasteiger charge is -2.07. The highest BCUT2D eigenvalue weighted by Crippen LogP contribution is 2.34. The second-order valence-corrected chi connectivity index (χ2v) is 4.79. The van der Waals surface area contributed by atoms with Gasteiger partial charge in [-0.2, -0.15) is 5.10 Å². The van der Waals surface area contributed by atoms with Gasteiger partial charge in [-0.15, -0.1) is 0 Å². The van der Waals surface area contributed by atoms with Crippen LogP contribution in [0.5, 0.6) is 0 Å². The van der Waals surface area contributed by atoms with E-state index in [1.165, 1.54) is 0 Å². The van der Waals surface area contributed by atoms with E-state index in [1.807, 2.05) is 25.1 Å². The minimum Gasteiger partial charge on any atom is -0.267 e. The molecule has 0 aliphatic rings. The van der Waals surface area contributed by atoms with Gasteiger partial charge in [0, 0.05) is 18.7 Å². The van der Waals surface area contributed by atoms with E-state index in [-0.39, 0.29) is 10.6 Å². The van der Waals surface area contributed by atoms with Crippen molar-refractivity contribution in [2.45, 2.75) is 6.92 Å². The van der Waals surface area contributed by atoms with E-state index in [0.29, 0.717) is 5.39 Å². The standard InChI is InChI=1S/C15H13N3O2/c1-10-4-3-5-11(8-10)12-6-7-14(18(19)20)13-9-16-17(2)15(12)13/h3-9H,1-2H3. The fourth-order valence-electron chi connectivity index (χ4n) is 2.48. The SMILES string of the molecule is Cc1cccc(-c2ccc([N+](=O)[O-])c3cnn(C)c23)c1. The first kappa shape index (κ1) is 12.3. The Hall–Kier alpha value is -2.69. The van der Waals surface area contributed by atoms with E-state index in [9.17, 15) is 10.1 Å². The van der Waals surface area contributed by atoms with E-state index in [0.717, 1.165) is 22.2 Å². The molecule has 1 heterocycles. The molecule has 0 saturated carbocycles. The average Bonchev–Trinajstić information content (AvgIpc) is 2.80. The van der Waals surface area contributed by atoms with Crippen molar-refractivity contribution in [2.75, 3.05) is 0 Å². The topological polar surface area (TPSA) is 61.0 Å². The molecule has 0 amide bonds. The van der Waals surface area contributed by atoms with Gasteiger partial charge >= 0.3 is 0 Å². The summed E-state index contributed by atoms with van der Waals surface area (Å²) in [7, 11) is 1.80. The van der Waals surface area contributed by atoms with Crippen molar-refractivity contribution >= 4 is 16.6 Å². The number of aromatic nitrogens is 2. The molecule has 0 aliphatic carbocycles. The summed E-state index contributed by atoms with van der Waals surface area (Å²) in [5.74, 6) is 0. The number of rotatable bonds is 2. The third kappa shape index (κ3) is 1.84. The predicted octanol–water partition coefficient (Wildman–Crippen LogP) is 3.46. The zero-order valence-corrected chi connectivity index (χ0v) is 11.2. The molecule has 100 valence electrons. The van der Waals surface area contributed by atoms with Crippen LogP contribution in [-0.2, 0) is 7.05 Å². The Labute approximate surface area is 115 Å². The van der Waals surface area contributed by atoms with Crippen LogP contribution in [0.2, 0.25) is 0 Å². The summed E-state index contributed by atoms with van der Waals surface area (Å²) in [4.78, 5) is 10.7.